The van der Waals surface area contributed by atoms with Gasteiger partial charge < -0.3 is 19.8 Å². The molecule has 19 heavy (non-hydrogen) atoms. The summed E-state index contributed by atoms with van der Waals surface area (Å²) in [5.74, 6) is 0. The first kappa shape index (κ1) is 14.9. The lowest BCUT2D eigenvalue weighted by atomic mass is 9.97. The number of alkyl halides is 3. The Kier molecular flexibility index (Phi) is 4.01. The van der Waals surface area contributed by atoms with E-state index in [1.54, 1.807) is 19.0 Å². The number of halogens is 3. The zero-order valence-electron chi connectivity index (χ0n) is 10.3. The number of thioether (sulfide) groups is 1. The predicted molar refractivity (Wildman–Crippen MR) is 63.8 cm³/mol. The van der Waals surface area contributed by atoms with Crippen molar-refractivity contribution in [3.63, 3.8) is 0 Å². The summed E-state index contributed by atoms with van der Waals surface area (Å²) in [6.07, 6.45) is -10.5. The number of aliphatic hydroxyl groups excluding tert-OH is 2. The van der Waals surface area contributed by atoms with Gasteiger partial charge in [0.05, 0.1) is 12.1 Å². The molecule has 2 aliphatic heterocycles. The Labute approximate surface area is 112 Å². The summed E-state index contributed by atoms with van der Waals surface area (Å²) >= 11 is 1.20. The molecule has 0 unspecified atom stereocenters. The first-order valence-electron chi connectivity index (χ1n) is 5.70. The van der Waals surface area contributed by atoms with Crippen LogP contribution < -0.4 is 0 Å². The van der Waals surface area contributed by atoms with Gasteiger partial charge in [0.1, 0.15) is 11.5 Å². The smallest absolute Gasteiger partial charge is 0.390 e. The SMILES string of the molecule is CN(C)C1=N[C@@H]2C[C@H](O)[C@@H]([C@H](O)C(F)(F)F)O[C@@H]2S1. The van der Waals surface area contributed by atoms with Gasteiger partial charge in [-0.2, -0.15) is 13.2 Å². The second-order valence-corrected chi connectivity index (χ2v) is 5.82. The summed E-state index contributed by atoms with van der Waals surface area (Å²) in [5, 5.41) is 19.5. The number of ether oxygens (including phenoxy) is 1. The number of aliphatic imine (C=N–C) groups is 1. The van der Waals surface area contributed by atoms with Crippen LogP contribution in [0.2, 0.25) is 0 Å². The standard InChI is InChI=1S/C10H15F3N2O3S/c1-15(2)9-14-4-3-5(16)6(18-8(4)19-9)7(17)10(11,12)13/h4-8,16-17H,3H2,1-2H3/t4-,5+,6+,7+,8-/m1/s1. The van der Waals surface area contributed by atoms with Gasteiger partial charge in [-0.25, -0.2) is 0 Å². The van der Waals surface area contributed by atoms with Crippen LogP contribution in [0.4, 0.5) is 13.2 Å². The lowest BCUT2D eigenvalue weighted by Gasteiger charge is -2.37. The number of rotatable bonds is 1. The van der Waals surface area contributed by atoms with Gasteiger partial charge in [-0.3, -0.25) is 4.99 Å². The van der Waals surface area contributed by atoms with E-state index in [1.807, 2.05) is 0 Å². The van der Waals surface area contributed by atoms with E-state index in [4.69, 9.17) is 4.74 Å². The van der Waals surface area contributed by atoms with Gasteiger partial charge in [-0.1, -0.05) is 11.8 Å². The molecule has 1 saturated heterocycles. The number of hydrogen-bond acceptors (Lipinski definition) is 6. The molecule has 2 rings (SSSR count). The Bertz CT molecular complexity index is 378. The monoisotopic (exact) mass is 300 g/mol. The fourth-order valence-corrected chi connectivity index (χ4v) is 3.14. The minimum Gasteiger partial charge on any atom is -0.390 e. The number of nitrogens with zero attached hydrogens (tertiary/aromatic N) is 2. The summed E-state index contributed by atoms with van der Waals surface area (Å²) in [6, 6.07) is -0.380. The van der Waals surface area contributed by atoms with Crippen LogP contribution in [0.25, 0.3) is 0 Å². The zero-order valence-corrected chi connectivity index (χ0v) is 11.1. The molecule has 5 atom stereocenters. The molecule has 0 spiro atoms. The number of amidine groups is 1. The molecular weight excluding hydrogens is 285 g/mol. The lowest BCUT2D eigenvalue weighted by Crippen LogP contribution is -2.54. The first-order chi connectivity index (χ1) is 8.70. The fourth-order valence-electron chi connectivity index (χ4n) is 2.02. The van der Waals surface area contributed by atoms with Crippen LogP contribution in [0.3, 0.4) is 0 Å². The average Bonchev–Trinajstić information content (AvgIpc) is 2.68. The van der Waals surface area contributed by atoms with Gasteiger partial charge in [0.15, 0.2) is 11.3 Å². The topological polar surface area (TPSA) is 65.3 Å². The van der Waals surface area contributed by atoms with Crippen LogP contribution in [0.1, 0.15) is 6.42 Å². The van der Waals surface area contributed by atoms with Gasteiger partial charge >= 0.3 is 6.18 Å². The van der Waals surface area contributed by atoms with E-state index in [2.05, 4.69) is 4.99 Å². The Morgan fingerprint density at radius 1 is 1.47 bits per heavy atom. The highest BCUT2D eigenvalue weighted by Crippen LogP contribution is 2.39. The molecule has 0 saturated carbocycles. The van der Waals surface area contributed by atoms with Gasteiger partial charge in [-0.15, -0.1) is 0 Å². The summed E-state index contributed by atoms with van der Waals surface area (Å²) in [4.78, 5) is 6.00. The number of fused-ring (bicyclic) bond motifs is 1. The van der Waals surface area contributed by atoms with Crippen molar-refractivity contribution in [3.05, 3.63) is 0 Å². The third-order valence-corrected chi connectivity index (χ3v) is 4.33. The van der Waals surface area contributed by atoms with E-state index in [1.165, 1.54) is 11.8 Å². The van der Waals surface area contributed by atoms with Crippen LogP contribution in [0.15, 0.2) is 4.99 Å². The molecule has 2 heterocycles. The van der Waals surface area contributed by atoms with Crippen molar-refractivity contribution >= 4 is 16.9 Å². The van der Waals surface area contributed by atoms with Gasteiger partial charge in [0.2, 0.25) is 0 Å². The van der Waals surface area contributed by atoms with E-state index in [-0.39, 0.29) is 12.5 Å². The van der Waals surface area contributed by atoms with Crippen molar-refractivity contribution in [2.24, 2.45) is 4.99 Å². The van der Waals surface area contributed by atoms with Crippen LogP contribution in [-0.4, -0.2) is 70.3 Å². The molecule has 0 aromatic heterocycles. The maximum atomic E-state index is 12.5. The predicted octanol–water partition coefficient (Wildman–Crippen LogP) is 0.418. The quantitative estimate of drug-likeness (QED) is 0.735. The van der Waals surface area contributed by atoms with Crippen LogP contribution in [0.5, 0.6) is 0 Å². The molecule has 1 fully saturated rings. The fraction of sp³-hybridized carbons (Fsp3) is 0.900. The summed E-state index contributed by atoms with van der Waals surface area (Å²) in [7, 11) is 3.53. The number of aliphatic hydroxyl groups is 2. The molecule has 0 radical (unpaired) electrons. The van der Waals surface area contributed by atoms with Crippen molar-refractivity contribution in [2.75, 3.05) is 14.1 Å². The third kappa shape index (κ3) is 2.99. The zero-order chi connectivity index (χ0) is 14.4. The van der Waals surface area contributed by atoms with E-state index < -0.39 is 29.9 Å². The van der Waals surface area contributed by atoms with Crippen LogP contribution >= 0.6 is 11.8 Å². The summed E-state index contributed by atoms with van der Waals surface area (Å²) in [6.45, 7) is 0. The van der Waals surface area contributed by atoms with Crippen molar-refractivity contribution < 1.29 is 28.1 Å². The summed E-state index contributed by atoms with van der Waals surface area (Å²) in [5.41, 5.74) is -0.595. The van der Waals surface area contributed by atoms with Gasteiger partial charge in [0, 0.05) is 20.5 Å². The van der Waals surface area contributed by atoms with E-state index in [0.29, 0.717) is 5.17 Å². The molecular formula is C10H15F3N2O3S. The van der Waals surface area contributed by atoms with Gasteiger partial charge in [-0.05, 0) is 0 Å². The molecule has 0 bridgehead atoms. The van der Waals surface area contributed by atoms with Crippen molar-refractivity contribution in [2.45, 2.75) is 42.4 Å². The Morgan fingerprint density at radius 3 is 2.63 bits per heavy atom. The van der Waals surface area contributed by atoms with Crippen molar-refractivity contribution in [1.29, 1.82) is 0 Å². The van der Waals surface area contributed by atoms with Gasteiger partial charge in [0.25, 0.3) is 0 Å². The highest BCUT2D eigenvalue weighted by molar-refractivity contribution is 8.14. The maximum absolute atomic E-state index is 12.5. The molecule has 2 N–H and O–H groups in total. The molecule has 0 aromatic carbocycles. The minimum absolute atomic E-state index is 0.0484. The van der Waals surface area contributed by atoms with E-state index >= 15 is 0 Å². The highest BCUT2D eigenvalue weighted by Gasteiger charge is 2.52. The number of hydrogen-bond donors (Lipinski definition) is 2. The molecule has 0 aromatic rings. The average molecular weight is 300 g/mol. The first-order valence-corrected chi connectivity index (χ1v) is 6.58. The Morgan fingerprint density at radius 2 is 2.11 bits per heavy atom. The molecule has 9 heteroatoms. The highest BCUT2D eigenvalue weighted by atomic mass is 32.2. The molecule has 2 aliphatic rings. The molecule has 110 valence electrons. The van der Waals surface area contributed by atoms with E-state index in [0.717, 1.165) is 0 Å². The lowest BCUT2D eigenvalue weighted by molar-refractivity contribution is -0.260. The van der Waals surface area contributed by atoms with Crippen molar-refractivity contribution in [3.8, 4) is 0 Å². The normalized spacial score (nSPS) is 36.7. The summed E-state index contributed by atoms with van der Waals surface area (Å²) < 4.78 is 42.6. The second-order valence-electron chi connectivity index (χ2n) is 4.75. The van der Waals surface area contributed by atoms with E-state index in [9.17, 15) is 23.4 Å². The second kappa shape index (κ2) is 5.12. The molecule has 0 amide bonds. The van der Waals surface area contributed by atoms with Crippen molar-refractivity contribution in [1.82, 2.24) is 4.90 Å². The third-order valence-electron chi connectivity index (χ3n) is 2.99. The Balaban J connectivity index is 2.07. The largest absolute Gasteiger partial charge is 0.417 e. The Hall–Kier alpha value is -0.510. The van der Waals surface area contributed by atoms with Crippen LogP contribution in [0, 0.1) is 0 Å². The maximum Gasteiger partial charge on any atom is 0.417 e. The minimum atomic E-state index is -4.81. The molecule has 0 aliphatic carbocycles. The van der Waals surface area contributed by atoms with Crippen LogP contribution in [-0.2, 0) is 4.74 Å². The molecule has 5 nitrogen and oxygen atoms in total.